The van der Waals surface area contributed by atoms with Crippen molar-refractivity contribution in [3.05, 3.63) is 52.8 Å². The first-order valence-corrected chi connectivity index (χ1v) is 7.45. The molecule has 0 aliphatic heterocycles. The van der Waals surface area contributed by atoms with Crippen molar-refractivity contribution >= 4 is 0 Å². The normalized spacial score (nSPS) is 12.6. The van der Waals surface area contributed by atoms with Gasteiger partial charge in [-0.1, -0.05) is 36.2 Å². The summed E-state index contributed by atoms with van der Waals surface area (Å²) >= 11 is 0. The van der Waals surface area contributed by atoms with Crippen LogP contribution in [0.25, 0.3) is 0 Å². The Labute approximate surface area is 122 Å². The van der Waals surface area contributed by atoms with Gasteiger partial charge in [0, 0.05) is 18.8 Å². The molecule has 1 atom stereocenters. The zero-order chi connectivity index (χ0) is 14.5. The molecule has 0 fully saturated rings. The van der Waals surface area contributed by atoms with Gasteiger partial charge in [-0.05, 0) is 44.9 Å². The molecule has 1 N–H and O–H groups in total. The van der Waals surface area contributed by atoms with Crippen molar-refractivity contribution < 1.29 is 0 Å². The Hall–Kier alpha value is -1.61. The molecular weight excluding hydrogens is 246 g/mol. The minimum Gasteiger partial charge on any atom is -0.310 e. The van der Waals surface area contributed by atoms with Crippen molar-refractivity contribution in [2.75, 3.05) is 6.54 Å². The molecule has 0 saturated carbocycles. The van der Waals surface area contributed by atoms with E-state index in [1.807, 2.05) is 10.9 Å². The largest absolute Gasteiger partial charge is 0.310 e. The summed E-state index contributed by atoms with van der Waals surface area (Å²) in [6.07, 6.45) is 5.11. The van der Waals surface area contributed by atoms with E-state index in [2.05, 4.69) is 62.5 Å². The van der Waals surface area contributed by atoms with Gasteiger partial charge in [0.05, 0.1) is 6.20 Å². The smallest absolute Gasteiger partial charge is 0.0522 e. The third-order valence-corrected chi connectivity index (χ3v) is 3.55. The standard InChI is InChI=1S/C17H25N3/c1-5-18-17(10-15-11-19-20(6-2)12-15)16-8-13(3)7-14(4)9-16/h7-9,11-12,17-18H,5-6,10H2,1-4H3. The van der Waals surface area contributed by atoms with E-state index in [0.717, 1.165) is 19.5 Å². The average molecular weight is 271 g/mol. The van der Waals surface area contributed by atoms with Gasteiger partial charge in [-0.3, -0.25) is 4.68 Å². The summed E-state index contributed by atoms with van der Waals surface area (Å²) in [7, 11) is 0. The number of aryl methyl sites for hydroxylation is 3. The van der Waals surface area contributed by atoms with E-state index in [0.29, 0.717) is 6.04 Å². The Bertz CT molecular complexity index is 537. The zero-order valence-corrected chi connectivity index (χ0v) is 13.0. The maximum Gasteiger partial charge on any atom is 0.0522 e. The Balaban J connectivity index is 2.21. The molecule has 3 heteroatoms. The first kappa shape index (κ1) is 14.8. The maximum absolute atomic E-state index is 4.37. The molecule has 2 aromatic rings. The second-order valence-electron chi connectivity index (χ2n) is 5.44. The molecule has 0 aliphatic carbocycles. The Morgan fingerprint density at radius 1 is 1.15 bits per heavy atom. The van der Waals surface area contributed by atoms with E-state index in [4.69, 9.17) is 0 Å². The van der Waals surface area contributed by atoms with Crippen LogP contribution < -0.4 is 5.32 Å². The minimum absolute atomic E-state index is 0.355. The molecule has 1 aromatic heterocycles. The molecular formula is C17H25N3. The van der Waals surface area contributed by atoms with E-state index in [1.54, 1.807) is 0 Å². The van der Waals surface area contributed by atoms with Crippen LogP contribution in [0.1, 0.15) is 42.1 Å². The molecule has 1 unspecified atom stereocenters. The van der Waals surface area contributed by atoms with Gasteiger partial charge in [0.2, 0.25) is 0 Å². The van der Waals surface area contributed by atoms with Gasteiger partial charge in [-0.15, -0.1) is 0 Å². The molecule has 1 aromatic carbocycles. The lowest BCUT2D eigenvalue weighted by atomic mass is 9.97. The Morgan fingerprint density at radius 2 is 1.85 bits per heavy atom. The van der Waals surface area contributed by atoms with Crippen molar-refractivity contribution in [2.24, 2.45) is 0 Å². The van der Waals surface area contributed by atoms with Gasteiger partial charge >= 0.3 is 0 Å². The summed E-state index contributed by atoms with van der Waals surface area (Å²) in [5, 5.41) is 7.96. The van der Waals surface area contributed by atoms with Gasteiger partial charge in [0.1, 0.15) is 0 Å². The average Bonchev–Trinajstić information content (AvgIpc) is 2.85. The highest BCUT2D eigenvalue weighted by Gasteiger charge is 2.13. The van der Waals surface area contributed by atoms with Crippen LogP contribution in [0.5, 0.6) is 0 Å². The second kappa shape index (κ2) is 6.71. The predicted molar refractivity (Wildman–Crippen MR) is 83.9 cm³/mol. The van der Waals surface area contributed by atoms with E-state index < -0.39 is 0 Å². The molecule has 2 rings (SSSR count). The number of benzene rings is 1. The minimum atomic E-state index is 0.355. The molecule has 0 saturated heterocycles. The Morgan fingerprint density at radius 3 is 2.40 bits per heavy atom. The fraction of sp³-hybridized carbons (Fsp3) is 0.471. The van der Waals surface area contributed by atoms with E-state index in [-0.39, 0.29) is 0 Å². The van der Waals surface area contributed by atoms with Gasteiger partial charge in [-0.2, -0.15) is 5.10 Å². The predicted octanol–water partition coefficient (Wildman–Crippen LogP) is 3.41. The van der Waals surface area contributed by atoms with Crippen LogP contribution in [-0.4, -0.2) is 16.3 Å². The van der Waals surface area contributed by atoms with Gasteiger partial charge in [-0.25, -0.2) is 0 Å². The lowest BCUT2D eigenvalue weighted by Gasteiger charge is -2.19. The lowest BCUT2D eigenvalue weighted by molar-refractivity contribution is 0.548. The van der Waals surface area contributed by atoms with Crippen LogP contribution in [0.3, 0.4) is 0 Å². The van der Waals surface area contributed by atoms with Crippen LogP contribution in [0, 0.1) is 13.8 Å². The summed E-state index contributed by atoms with van der Waals surface area (Å²) in [4.78, 5) is 0. The third-order valence-electron chi connectivity index (χ3n) is 3.55. The lowest BCUT2D eigenvalue weighted by Crippen LogP contribution is -2.23. The highest BCUT2D eigenvalue weighted by molar-refractivity contribution is 5.31. The number of aromatic nitrogens is 2. The molecule has 0 spiro atoms. The number of nitrogens with one attached hydrogen (secondary N) is 1. The molecule has 0 radical (unpaired) electrons. The first-order valence-electron chi connectivity index (χ1n) is 7.45. The third kappa shape index (κ3) is 3.70. The monoisotopic (exact) mass is 271 g/mol. The maximum atomic E-state index is 4.37. The van der Waals surface area contributed by atoms with E-state index in [1.165, 1.54) is 22.3 Å². The fourth-order valence-electron chi connectivity index (χ4n) is 2.69. The molecule has 20 heavy (non-hydrogen) atoms. The van der Waals surface area contributed by atoms with Crippen molar-refractivity contribution in [2.45, 2.75) is 46.7 Å². The molecule has 0 aliphatic rings. The molecule has 108 valence electrons. The summed E-state index contributed by atoms with van der Waals surface area (Å²) < 4.78 is 1.99. The van der Waals surface area contributed by atoms with Gasteiger partial charge in [0.25, 0.3) is 0 Å². The number of rotatable bonds is 6. The van der Waals surface area contributed by atoms with E-state index in [9.17, 15) is 0 Å². The number of hydrogen-bond donors (Lipinski definition) is 1. The zero-order valence-electron chi connectivity index (χ0n) is 13.0. The number of likely N-dealkylation sites (N-methyl/N-ethyl adjacent to an activating group) is 1. The van der Waals surface area contributed by atoms with Gasteiger partial charge < -0.3 is 5.32 Å². The topological polar surface area (TPSA) is 29.9 Å². The van der Waals surface area contributed by atoms with Crippen LogP contribution in [0.2, 0.25) is 0 Å². The van der Waals surface area contributed by atoms with E-state index >= 15 is 0 Å². The summed E-state index contributed by atoms with van der Waals surface area (Å²) in [5.41, 5.74) is 5.31. The van der Waals surface area contributed by atoms with Crippen LogP contribution in [-0.2, 0) is 13.0 Å². The van der Waals surface area contributed by atoms with Crippen LogP contribution in [0.4, 0.5) is 0 Å². The molecule has 3 nitrogen and oxygen atoms in total. The SMILES string of the molecule is CCNC(Cc1cnn(CC)c1)c1cc(C)cc(C)c1. The summed E-state index contributed by atoms with van der Waals surface area (Å²) in [5.74, 6) is 0. The first-order chi connectivity index (χ1) is 9.62. The van der Waals surface area contributed by atoms with Crippen molar-refractivity contribution in [1.29, 1.82) is 0 Å². The fourth-order valence-corrected chi connectivity index (χ4v) is 2.69. The molecule has 0 amide bonds. The summed E-state index contributed by atoms with van der Waals surface area (Å²) in [6, 6.07) is 7.14. The Kier molecular flexibility index (Phi) is 4.96. The molecule has 1 heterocycles. The number of hydrogen-bond acceptors (Lipinski definition) is 2. The quantitative estimate of drug-likeness (QED) is 0.872. The highest BCUT2D eigenvalue weighted by atomic mass is 15.3. The second-order valence-corrected chi connectivity index (χ2v) is 5.44. The van der Waals surface area contributed by atoms with Crippen LogP contribution in [0.15, 0.2) is 30.6 Å². The van der Waals surface area contributed by atoms with Crippen molar-refractivity contribution in [3.63, 3.8) is 0 Å². The highest BCUT2D eigenvalue weighted by Crippen LogP contribution is 2.21. The molecule has 0 bridgehead atoms. The summed E-state index contributed by atoms with van der Waals surface area (Å²) in [6.45, 7) is 10.5. The van der Waals surface area contributed by atoms with Gasteiger partial charge in [0.15, 0.2) is 0 Å². The number of nitrogens with zero attached hydrogens (tertiary/aromatic N) is 2. The van der Waals surface area contributed by atoms with Crippen LogP contribution >= 0.6 is 0 Å². The van der Waals surface area contributed by atoms with Crippen molar-refractivity contribution in [3.8, 4) is 0 Å². The van der Waals surface area contributed by atoms with Crippen molar-refractivity contribution in [1.82, 2.24) is 15.1 Å².